The van der Waals surface area contributed by atoms with E-state index in [1.54, 1.807) is 12.1 Å². The molecule has 1 aliphatic heterocycles. The number of hydrogen-bond acceptors (Lipinski definition) is 1. The highest BCUT2D eigenvalue weighted by atomic mass is 35.5. The maximum atomic E-state index is 14.0. The molecule has 1 heterocycles. The minimum atomic E-state index is -0.182. The van der Waals surface area contributed by atoms with Gasteiger partial charge in [0.15, 0.2) is 0 Å². The van der Waals surface area contributed by atoms with E-state index in [1.807, 2.05) is 0 Å². The molecule has 0 radical (unpaired) electrons. The Morgan fingerprint density at radius 2 is 2.11 bits per heavy atom. The summed E-state index contributed by atoms with van der Waals surface area (Å²) < 4.78 is 14.0. The van der Waals surface area contributed by atoms with Crippen molar-refractivity contribution in [2.45, 2.75) is 51.5 Å². The zero-order valence-corrected chi connectivity index (χ0v) is 12.6. The molecule has 0 aliphatic carbocycles. The van der Waals surface area contributed by atoms with E-state index in [1.165, 1.54) is 25.3 Å². The first-order chi connectivity index (χ1) is 9.05. The van der Waals surface area contributed by atoms with E-state index in [4.69, 9.17) is 11.6 Å². The first-order valence-corrected chi connectivity index (χ1v) is 7.61. The van der Waals surface area contributed by atoms with Crippen LogP contribution in [0.4, 0.5) is 4.39 Å². The van der Waals surface area contributed by atoms with Crippen LogP contribution in [0.2, 0.25) is 5.02 Å². The SMILES string of the molecule is CC(C)C1(Cc2c(F)cccc2Cl)CCCCCN1. The molecule has 1 nitrogen and oxygen atoms in total. The van der Waals surface area contributed by atoms with E-state index in [2.05, 4.69) is 19.2 Å². The van der Waals surface area contributed by atoms with Gasteiger partial charge in [-0.15, -0.1) is 0 Å². The molecule has 19 heavy (non-hydrogen) atoms. The van der Waals surface area contributed by atoms with Gasteiger partial charge in [0.2, 0.25) is 0 Å². The zero-order chi connectivity index (χ0) is 13.9. The third kappa shape index (κ3) is 3.29. The van der Waals surface area contributed by atoms with Gasteiger partial charge in [-0.05, 0) is 43.9 Å². The van der Waals surface area contributed by atoms with Gasteiger partial charge >= 0.3 is 0 Å². The van der Waals surface area contributed by atoms with Crippen LogP contribution in [0.15, 0.2) is 18.2 Å². The normalized spacial score (nSPS) is 24.5. The predicted molar refractivity (Wildman–Crippen MR) is 79.2 cm³/mol. The van der Waals surface area contributed by atoms with Gasteiger partial charge in [-0.1, -0.05) is 44.4 Å². The molecule has 0 bridgehead atoms. The maximum absolute atomic E-state index is 14.0. The molecule has 2 rings (SSSR count). The third-order valence-electron chi connectivity index (χ3n) is 4.44. The Bertz CT molecular complexity index is 403. The number of nitrogens with one attached hydrogen (secondary N) is 1. The Labute approximate surface area is 120 Å². The lowest BCUT2D eigenvalue weighted by molar-refractivity contribution is 0.224. The fourth-order valence-corrected chi connectivity index (χ4v) is 3.26. The smallest absolute Gasteiger partial charge is 0.127 e. The molecule has 0 amide bonds. The molecule has 0 saturated carbocycles. The summed E-state index contributed by atoms with van der Waals surface area (Å²) in [6.45, 7) is 5.45. The summed E-state index contributed by atoms with van der Waals surface area (Å²) >= 11 is 6.19. The van der Waals surface area contributed by atoms with Crippen molar-refractivity contribution >= 4 is 11.6 Å². The third-order valence-corrected chi connectivity index (χ3v) is 4.79. The van der Waals surface area contributed by atoms with Crippen LogP contribution >= 0.6 is 11.6 Å². The summed E-state index contributed by atoms with van der Waals surface area (Å²) in [6.07, 6.45) is 5.44. The molecular weight excluding hydrogens is 261 g/mol. The van der Waals surface area contributed by atoms with Crippen LogP contribution in [0.25, 0.3) is 0 Å². The molecule has 1 aliphatic rings. The molecule has 0 aromatic heterocycles. The van der Waals surface area contributed by atoms with Crippen LogP contribution in [0, 0.1) is 11.7 Å². The zero-order valence-electron chi connectivity index (χ0n) is 11.8. The second-order valence-electron chi connectivity index (χ2n) is 5.93. The van der Waals surface area contributed by atoms with Crippen LogP contribution in [-0.4, -0.2) is 12.1 Å². The topological polar surface area (TPSA) is 12.0 Å². The van der Waals surface area contributed by atoms with Crippen molar-refractivity contribution in [3.8, 4) is 0 Å². The first-order valence-electron chi connectivity index (χ1n) is 7.23. The largest absolute Gasteiger partial charge is 0.311 e. The number of hydrogen-bond donors (Lipinski definition) is 1. The lowest BCUT2D eigenvalue weighted by Crippen LogP contribution is -2.51. The number of benzene rings is 1. The van der Waals surface area contributed by atoms with Crippen molar-refractivity contribution in [3.63, 3.8) is 0 Å². The van der Waals surface area contributed by atoms with Crippen molar-refractivity contribution < 1.29 is 4.39 Å². The molecule has 1 saturated heterocycles. The first kappa shape index (κ1) is 14.8. The molecule has 0 spiro atoms. The highest BCUT2D eigenvalue weighted by Crippen LogP contribution is 2.33. The van der Waals surface area contributed by atoms with Crippen molar-refractivity contribution in [3.05, 3.63) is 34.6 Å². The second-order valence-corrected chi connectivity index (χ2v) is 6.33. The van der Waals surface area contributed by atoms with Crippen molar-refractivity contribution in [1.29, 1.82) is 0 Å². The van der Waals surface area contributed by atoms with Crippen LogP contribution in [0.5, 0.6) is 0 Å². The van der Waals surface area contributed by atoms with Gasteiger partial charge in [-0.2, -0.15) is 0 Å². The van der Waals surface area contributed by atoms with Crippen LogP contribution in [-0.2, 0) is 6.42 Å². The van der Waals surface area contributed by atoms with E-state index < -0.39 is 0 Å². The van der Waals surface area contributed by atoms with Crippen LogP contribution < -0.4 is 5.32 Å². The van der Waals surface area contributed by atoms with Crippen molar-refractivity contribution in [2.24, 2.45) is 5.92 Å². The van der Waals surface area contributed by atoms with Crippen molar-refractivity contribution in [2.75, 3.05) is 6.54 Å². The van der Waals surface area contributed by atoms with Gasteiger partial charge in [0, 0.05) is 16.1 Å². The second kappa shape index (κ2) is 6.23. The summed E-state index contributed by atoms with van der Waals surface area (Å²) in [5, 5.41) is 4.22. The van der Waals surface area contributed by atoms with Gasteiger partial charge in [0.25, 0.3) is 0 Å². The van der Waals surface area contributed by atoms with E-state index in [-0.39, 0.29) is 11.4 Å². The minimum Gasteiger partial charge on any atom is -0.311 e. The molecule has 1 unspecified atom stereocenters. The average Bonchev–Trinajstić information content (AvgIpc) is 2.60. The van der Waals surface area contributed by atoms with Crippen LogP contribution in [0.3, 0.4) is 0 Å². The molecule has 1 atom stereocenters. The Kier molecular flexibility index (Phi) is 4.86. The molecule has 3 heteroatoms. The highest BCUT2D eigenvalue weighted by molar-refractivity contribution is 6.31. The Morgan fingerprint density at radius 1 is 1.32 bits per heavy atom. The monoisotopic (exact) mass is 283 g/mol. The van der Waals surface area contributed by atoms with E-state index in [0.29, 0.717) is 22.9 Å². The molecule has 1 fully saturated rings. The molecule has 1 aromatic carbocycles. The number of halogens is 2. The predicted octanol–water partition coefficient (Wildman–Crippen LogP) is 4.58. The summed E-state index contributed by atoms with van der Waals surface area (Å²) in [7, 11) is 0. The molecule has 1 N–H and O–H groups in total. The fraction of sp³-hybridized carbons (Fsp3) is 0.625. The minimum absolute atomic E-state index is 0.0255. The van der Waals surface area contributed by atoms with E-state index in [9.17, 15) is 4.39 Å². The highest BCUT2D eigenvalue weighted by Gasteiger charge is 2.35. The standard InChI is InChI=1S/C16H23ClFN/c1-12(2)16(9-4-3-5-10-19-16)11-13-14(17)7-6-8-15(13)18/h6-8,12,19H,3-5,9-11H2,1-2H3. The van der Waals surface area contributed by atoms with Gasteiger partial charge in [-0.3, -0.25) is 0 Å². The summed E-state index contributed by atoms with van der Waals surface area (Å²) in [6, 6.07) is 4.96. The maximum Gasteiger partial charge on any atom is 0.127 e. The van der Waals surface area contributed by atoms with Crippen LogP contribution in [0.1, 0.15) is 45.1 Å². The number of rotatable bonds is 3. The fourth-order valence-electron chi connectivity index (χ4n) is 3.03. The Balaban J connectivity index is 2.30. The summed E-state index contributed by atoms with van der Waals surface area (Å²) in [4.78, 5) is 0. The Hall–Kier alpha value is -0.600. The van der Waals surface area contributed by atoms with Gasteiger partial charge in [-0.25, -0.2) is 4.39 Å². The van der Waals surface area contributed by atoms with Gasteiger partial charge in [0.05, 0.1) is 0 Å². The van der Waals surface area contributed by atoms with Gasteiger partial charge < -0.3 is 5.32 Å². The molecule has 1 aromatic rings. The van der Waals surface area contributed by atoms with E-state index in [0.717, 1.165) is 13.0 Å². The quantitative estimate of drug-likeness (QED) is 0.856. The Morgan fingerprint density at radius 3 is 2.79 bits per heavy atom. The van der Waals surface area contributed by atoms with E-state index >= 15 is 0 Å². The summed E-state index contributed by atoms with van der Waals surface area (Å²) in [5.41, 5.74) is 0.634. The lowest BCUT2D eigenvalue weighted by Gasteiger charge is -2.38. The summed E-state index contributed by atoms with van der Waals surface area (Å²) in [5.74, 6) is 0.278. The van der Waals surface area contributed by atoms with Crippen molar-refractivity contribution in [1.82, 2.24) is 5.32 Å². The van der Waals surface area contributed by atoms with Gasteiger partial charge in [0.1, 0.15) is 5.82 Å². The molecule has 106 valence electrons. The molecular formula is C16H23ClFN. The average molecular weight is 284 g/mol. The lowest BCUT2D eigenvalue weighted by atomic mass is 9.77.